The zero-order valence-corrected chi connectivity index (χ0v) is 10.6. The number of Topliss-reactive ketones (excluding diaryl/α,β-unsaturated/α-hetero) is 1. The SMILES string of the molecule is CCC(C)C(=O)COCC=Cc1ccccc1. The molecule has 0 spiro atoms. The summed E-state index contributed by atoms with van der Waals surface area (Å²) in [6.45, 7) is 4.65. The Morgan fingerprint density at radius 3 is 2.71 bits per heavy atom. The number of rotatable bonds is 7. The minimum absolute atomic E-state index is 0.105. The van der Waals surface area contributed by atoms with Crippen LogP contribution in [0.15, 0.2) is 36.4 Å². The highest BCUT2D eigenvalue weighted by molar-refractivity contribution is 5.81. The molecule has 0 saturated heterocycles. The van der Waals surface area contributed by atoms with Crippen molar-refractivity contribution in [3.63, 3.8) is 0 Å². The molecule has 0 fully saturated rings. The normalized spacial score (nSPS) is 12.8. The van der Waals surface area contributed by atoms with Crippen molar-refractivity contribution in [1.82, 2.24) is 0 Å². The Kier molecular flexibility index (Phi) is 6.26. The smallest absolute Gasteiger partial charge is 0.161 e. The van der Waals surface area contributed by atoms with E-state index in [-0.39, 0.29) is 18.3 Å². The zero-order chi connectivity index (χ0) is 12.5. The lowest BCUT2D eigenvalue weighted by Crippen LogP contribution is -2.16. The molecule has 0 N–H and O–H groups in total. The molecular weight excluding hydrogens is 212 g/mol. The minimum Gasteiger partial charge on any atom is -0.370 e. The summed E-state index contributed by atoms with van der Waals surface area (Å²) in [5.41, 5.74) is 1.14. The van der Waals surface area contributed by atoms with Gasteiger partial charge in [0.15, 0.2) is 5.78 Å². The van der Waals surface area contributed by atoms with Crippen molar-refractivity contribution in [3.8, 4) is 0 Å². The van der Waals surface area contributed by atoms with Gasteiger partial charge in [0.2, 0.25) is 0 Å². The molecule has 1 atom stereocenters. The van der Waals surface area contributed by atoms with Crippen LogP contribution >= 0.6 is 0 Å². The summed E-state index contributed by atoms with van der Waals surface area (Å²) in [7, 11) is 0. The van der Waals surface area contributed by atoms with Crippen molar-refractivity contribution in [2.24, 2.45) is 5.92 Å². The molecule has 0 aliphatic carbocycles. The van der Waals surface area contributed by atoms with Crippen LogP contribution < -0.4 is 0 Å². The van der Waals surface area contributed by atoms with Gasteiger partial charge in [0.05, 0.1) is 6.61 Å². The van der Waals surface area contributed by atoms with E-state index in [1.165, 1.54) is 0 Å². The highest BCUT2D eigenvalue weighted by atomic mass is 16.5. The molecule has 17 heavy (non-hydrogen) atoms. The van der Waals surface area contributed by atoms with E-state index >= 15 is 0 Å². The van der Waals surface area contributed by atoms with E-state index in [1.807, 2.05) is 56.3 Å². The first-order chi connectivity index (χ1) is 8.24. The van der Waals surface area contributed by atoms with Crippen molar-refractivity contribution in [2.75, 3.05) is 13.2 Å². The van der Waals surface area contributed by atoms with E-state index < -0.39 is 0 Å². The molecule has 2 heteroatoms. The third-order valence-corrected chi connectivity index (χ3v) is 2.73. The fraction of sp³-hybridized carbons (Fsp3) is 0.400. The summed E-state index contributed by atoms with van der Waals surface area (Å²) >= 11 is 0. The van der Waals surface area contributed by atoms with E-state index in [9.17, 15) is 4.79 Å². The van der Waals surface area contributed by atoms with Gasteiger partial charge in [-0.05, 0) is 12.0 Å². The first-order valence-electron chi connectivity index (χ1n) is 6.06. The lowest BCUT2D eigenvalue weighted by molar-refractivity contribution is -0.126. The van der Waals surface area contributed by atoms with Crippen LogP contribution in [0.2, 0.25) is 0 Å². The first kappa shape index (κ1) is 13.7. The summed E-state index contributed by atoms with van der Waals surface area (Å²) in [6, 6.07) is 10.0. The number of hydrogen-bond donors (Lipinski definition) is 0. The second-order valence-electron chi connectivity index (χ2n) is 4.10. The number of carbonyl (C=O) groups excluding carboxylic acids is 1. The Morgan fingerprint density at radius 1 is 1.35 bits per heavy atom. The van der Waals surface area contributed by atoms with Crippen LogP contribution in [0.1, 0.15) is 25.8 Å². The summed E-state index contributed by atoms with van der Waals surface area (Å²) in [5, 5.41) is 0. The van der Waals surface area contributed by atoms with Gasteiger partial charge in [-0.25, -0.2) is 0 Å². The molecule has 0 radical (unpaired) electrons. The van der Waals surface area contributed by atoms with Crippen molar-refractivity contribution in [3.05, 3.63) is 42.0 Å². The fourth-order valence-corrected chi connectivity index (χ4v) is 1.35. The van der Waals surface area contributed by atoms with Gasteiger partial charge in [-0.1, -0.05) is 56.3 Å². The molecular formula is C15H20O2. The average molecular weight is 232 g/mol. The molecule has 0 saturated carbocycles. The van der Waals surface area contributed by atoms with Gasteiger partial charge in [0.25, 0.3) is 0 Å². The van der Waals surface area contributed by atoms with Gasteiger partial charge in [-0.2, -0.15) is 0 Å². The molecule has 0 bridgehead atoms. The maximum Gasteiger partial charge on any atom is 0.161 e. The van der Waals surface area contributed by atoms with Crippen LogP contribution in [0.4, 0.5) is 0 Å². The number of ether oxygens (including phenoxy) is 1. The van der Waals surface area contributed by atoms with Gasteiger partial charge >= 0.3 is 0 Å². The third-order valence-electron chi connectivity index (χ3n) is 2.73. The Balaban J connectivity index is 2.20. The predicted molar refractivity (Wildman–Crippen MR) is 70.8 cm³/mol. The topological polar surface area (TPSA) is 26.3 Å². The molecule has 0 aromatic heterocycles. The Labute approximate surface area is 103 Å². The number of hydrogen-bond acceptors (Lipinski definition) is 2. The largest absolute Gasteiger partial charge is 0.370 e. The second-order valence-corrected chi connectivity index (χ2v) is 4.10. The lowest BCUT2D eigenvalue weighted by atomic mass is 10.1. The lowest BCUT2D eigenvalue weighted by Gasteiger charge is -2.06. The number of carbonyl (C=O) groups is 1. The van der Waals surface area contributed by atoms with E-state index in [2.05, 4.69) is 0 Å². The highest BCUT2D eigenvalue weighted by Gasteiger charge is 2.09. The van der Waals surface area contributed by atoms with E-state index in [0.717, 1.165) is 12.0 Å². The molecule has 92 valence electrons. The third kappa shape index (κ3) is 5.45. The van der Waals surface area contributed by atoms with Crippen molar-refractivity contribution >= 4 is 11.9 Å². The van der Waals surface area contributed by atoms with Crippen LogP contribution in [0.3, 0.4) is 0 Å². The van der Waals surface area contributed by atoms with E-state index in [0.29, 0.717) is 6.61 Å². The summed E-state index contributed by atoms with van der Waals surface area (Å²) in [4.78, 5) is 11.5. The molecule has 1 aromatic carbocycles. The predicted octanol–water partition coefficient (Wildman–Crippen LogP) is 3.33. The van der Waals surface area contributed by atoms with Crippen molar-refractivity contribution < 1.29 is 9.53 Å². The molecule has 0 aliphatic rings. The average Bonchev–Trinajstić information content (AvgIpc) is 2.38. The molecule has 1 aromatic rings. The standard InChI is InChI=1S/C15H20O2/c1-3-13(2)15(16)12-17-11-7-10-14-8-5-4-6-9-14/h4-10,13H,3,11-12H2,1-2H3. The summed E-state index contributed by atoms with van der Waals surface area (Å²) in [5.74, 6) is 0.286. The summed E-state index contributed by atoms with van der Waals surface area (Å²) in [6.07, 6.45) is 4.80. The molecule has 1 rings (SSSR count). The first-order valence-corrected chi connectivity index (χ1v) is 6.06. The van der Waals surface area contributed by atoms with Crippen LogP contribution in [-0.4, -0.2) is 19.0 Å². The highest BCUT2D eigenvalue weighted by Crippen LogP contribution is 2.03. The quantitative estimate of drug-likeness (QED) is 0.674. The summed E-state index contributed by atoms with van der Waals surface area (Å²) < 4.78 is 5.30. The molecule has 0 amide bonds. The van der Waals surface area contributed by atoms with E-state index in [4.69, 9.17) is 4.74 Å². The van der Waals surface area contributed by atoms with Gasteiger partial charge < -0.3 is 4.74 Å². The molecule has 0 aliphatic heterocycles. The van der Waals surface area contributed by atoms with Gasteiger partial charge in [0.1, 0.15) is 6.61 Å². The molecule has 1 unspecified atom stereocenters. The molecule has 0 heterocycles. The van der Waals surface area contributed by atoms with Crippen LogP contribution in [0, 0.1) is 5.92 Å². The van der Waals surface area contributed by atoms with Crippen LogP contribution in [-0.2, 0) is 9.53 Å². The van der Waals surface area contributed by atoms with Gasteiger partial charge in [0, 0.05) is 5.92 Å². The van der Waals surface area contributed by atoms with Crippen molar-refractivity contribution in [2.45, 2.75) is 20.3 Å². The second kappa shape index (κ2) is 7.80. The van der Waals surface area contributed by atoms with Gasteiger partial charge in [-0.3, -0.25) is 4.79 Å². The number of ketones is 1. The van der Waals surface area contributed by atoms with Crippen LogP contribution in [0.25, 0.3) is 6.08 Å². The van der Waals surface area contributed by atoms with Crippen molar-refractivity contribution in [1.29, 1.82) is 0 Å². The monoisotopic (exact) mass is 232 g/mol. The molecule has 2 nitrogen and oxygen atoms in total. The maximum atomic E-state index is 11.5. The van der Waals surface area contributed by atoms with Crippen LogP contribution in [0.5, 0.6) is 0 Å². The Morgan fingerprint density at radius 2 is 2.06 bits per heavy atom. The number of benzene rings is 1. The van der Waals surface area contributed by atoms with E-state index in [1.54, 1.807) is 0 Å². The fourth-order valence-electron chi connectivity index (χ4n) is 1.35. The van der Waals surface area contributed by atoms with Gasteiger partial charge in [-0.15, -0.1) is 0 Å². The zero-order valence-electron chi connectivity index (χ0n) is 10.6. The maximum absolute atomic E-state index is 11.5. The minimum atomic E-state index is 0.105. The Hall–Kier alpha value is -1.41. The Bertz CT molecular complexity index is 354.